The van der Waals surface area contributed by atoms with Gasteiger partial charge in [-0.3, -0.25) is 0 Å². The normalized spacial score (nSPS) is 25.0. The first-order chi connectivity index (χ1) is 5.11. The Hall–Kier alpha value is -0.230. The smallest absolute Gasteiger partial charge is 0.0556 e. The second-order valence-corrected chi connectivity index (χ2v) is 3.98. The average Bonchev–Trinajstić information content (AvgIpc) is 1.94. The highest BCUT2D eigenvalue weighted by molar-refractivity contribution is 6.22. The lowest BCUT2D eigenvalue weighted by molar-refractivity contribution is 0.757. The molecule has 0 saturated carbocycles. The zero-order valence-electron chi connectivity index (χ0n) is 7.39. The molecule has 1 aliphatic rings. The van der Waals surface area contributed by atoms with Crippen LogP contribution in [-0.2, 0) is 0 Å². The van der Waals surface area contributed by atoms with Gasteiger partial charge < -0.3 is 0 Å². The molecular formula is C10H15Cl. The number of halogens is 1. The molecule has 1 heteroatoms. The summed E-state index contributed by atoms with van der Waals surface area (Å²) in [7, 11) is 0. The molecule has 1 aliphatic carbocycles. The Balaban J connectivity index is 2.81. The van der Waals surface area contributed by atoms with Gasteiger partial charge in [0.2, 0.25) is 0 Å². The fourth-order valence-electron chi connectivity index (χ4n) is 1.45. The molecule has 0 bridgehead atoms. The van der Waals surface area contributed by atoms with Crippen molar-refractivity contribution in [3.8, 4) is 0 Å². The van der Waals surface area contributed by atoms with E-state index >= 15 is 0 Å². The van der Waals surface area contributed by atoms with Gasteiger partial charge in [-0.05, 0) is 24.8 Å². The van der Waals surface area contributed by atoms with Crippen LogP contribution >= 0.6 is 11.6 Å². The largest absolute Gasteiger partial charge is 0.118 e. The Morgan fingerprint density at radius 2 is 2.18 bits per heavy atom. The minimum atomic E-state index is 0.219. The fourth-order valence-corrected chi connectivity index (χ4v) is 1.67. The van der Waals surface area contributed by atoms with Gasteiger partial charge in [0.15, 0.2) is 0 Å². The summed E-state index contributed by atoms with van der Waals surface area (Å²) in [6.45, 7) is 6.57. The van der Waals surface area contributed by atoms with Crippen LogP contribution in [0.4, 0.5) is 0 Å². The highest BCUT2D eigenvalue weighted by Gasteiger charge is 2.12. The van der Waals surface area contributed by atoms with Crippen molar-refractivity contribution in [2.75, 3.05) is 0 Å². The van der Waals surface area contributed by atoms with Crippen LogP contribution in [-0.4, -0.2) is 5.38 Å². The molecule has 0 aromatic carbocycles. The second kappa shape index (κ2) is 3.44. The quantitative estimate of drug-likeness (QED) is 0.529. The molecule has 0 radical (unpaired) electrons. The second-order valence-electron chi connectivity index (χ2n) is 3.42. The van der Waals surface area contributed by atoms with Crippen molar-refractivity contribution < 1.29 is 0 Å². The van der Waals surface area contributed by atoms with E-state index in [0.29, 0.717) is 5.92 Å². The van der Waals surface area contributed by atoms with E-state index in [1.165, 1.54) is 11.1 Å². The van der Waals surface area contributed by atoms with Gasteiger partial charge in [-0.1, -0.05) is 31.6 Å². The van der Waals surface area contributed by atoms with Gasteiger partial charge in [-0.2, -0.15) is 0 Å². The van der Waals surface area contributed by atoms with Crippen LogP contribution in [0, 0.1) is 5.92 Å². The summed E-state index contributed by atoms with van der Waals surface area (Å²) < 4.78 is 0. The lowest BCUT2D eigenvalue weighted by atomic mass is 9.90. The van der Waals surface area contributed by atoms with Crippen LogP contribution in [0.1, 0.15) is 27.2 Å². The van der Waals surface area contributed by atoms with Crippen molar-refractivity contribution in [3.05, 3.63) is 23.3 Å². The molecule has 0 saturated heterocycles. The molecule has 1 atom stereocenters. The van der Waals surface area contributed by atoms with Gasteiger partial charge in [0.25, 0.3) is 0 Å². The summed E-state index contributed by atoms with van der Waals surface area (Å²) in [6.07, 6.45) is 5.40. The zero-order valence-corrected chi connectivity index (χ0v) is 8.15. The lowest BCUT2D eigenvalue weighted by Crippen LogP contribution is -2.06. The number of rotatable bonds is 1. The minimum Gasteiger partial charge on any atom is -0.118 e. The summed E-state index contributed by atoms with van der Waals surface area (Å²) in [5.41, 5.74) is 2.81. The number of hydrogen-bond acceptors (Lipinski definition) is 0. The Kier molecular flexibility index (Phi) is 2.78. The van der Waals surface area contributed by atoms with Gasteiger partial charge in [0.1, 0.15) is 0 Å². The standard InChI is InChI=1S/C10H15Cl/c1-7(2)10-6-9(11)5-4-8(10)3/h4,6-7,9H,5H2,1-3H3. The topological polar surface area (TPSA) is 0 Å². The lowest BCUT2D eigenvalue weighted by Gasteiger charge is -2.18. The summed E-state index contributed by atoms with van der Waals surface area (Å²) >= 11 is 6.00. The predicted octanol–water partition coefficient (Wildman–Crippen LogP) is 3.53. The van der Waals surface area contributed by atoms with Gasteiger partial charge >= 0.3 is 0 Å². The highest BCUT2D eigenvalue weighted by Crippen LogP contribution is 2.26. The maximum absolute atomic E-state index is 6.00. The maximum Gasteiger partial charge on any atom is 0.0556 e. The molecule has 0 aromatic rings. The van der Waals surface area contributed by atoms with Crippen LogP contribution < -0.4 is 0 Å². The molecule has 0 spiro atoms. The SMILES string of the molecule is CC1=CCC(Cl)C=C1C(C)C. The molecule has 0 amide bonds. The first kappa shape index (κ1) is 8.86. The summed E-state index contributed by atoms with van der Waals surface area (Å²) in [5.74, 6) is 0.604. The number of allylic oxidation sites excluding steroid dienone is 4. The van der Waals surface area contributed by atoms with E-state index in [1.807, 2.05) is 0 Å². The Labute approximate surface area is 73.9 Å². The van der Waals surface area contributed by atoms with Crippen LogP contribution in [0.3, 0.4) is 0 Å². The fraction of sp³-hybridized carbons (Fsp3) is 0.600. The summed E-state index contributed by atoms with van der Waals surface area (Å²) in [6, 6.07) is 0. The Morgan fingerprint density at radius 1 is 1.55 bits per heavy atom. The van der Waals surface area contributed by atoms with Crippen molar-refractivity contribution in [1.29, 1.82) is 0 Å². The van der Waals surface area contributed by atoms with Crippen LogP contribution in [0.15, 0.2) is 23.3 Å². The molecule has 1 unspecified atom stereocenters. The maximum atomic E-state index is 6.00. The van der Waals surface area contributed by atoms with E-state index in [0.717, 1.165) is 6.42 Å². The van der Waals surface area contributed by atoms with Gasteiger partial charge in [-0.15, -0.1) is 11.6 Å². The first-order valence-electron chi connectivity index (χ1n) is 4.14. The van der Waals surface area contributed by atoms with Crippen molar-refractivity contribution in [3.63, 3.8) is 0 Å². The van der Waals surface area contributed by atoms with E-state index < -0.39 is 0 Å². The minimum absolute atomic E-state index is 0.219. The van der Waals surface area contributed by atoms with Crippen molar-refractivity contribution in [2.24, 2.45) is 5.92 Å². The van der Waals surface area contributed by atoms with Crippen LogP contribution in [0.25, 0.3) is 0 Å². The van der Waals surface area contributed by atoms with Crippen molar-refractivity contribution in [2.45, 2.75) is 32.6 Å². The summed E-state index contributed by atoms with van der Waals surface area (Å²) in [5, 5.41) is 0.219. The number of hydrogen-bond donors (Lipinski definition) is 0. The predicted molar refractivity (Wildman–Crippen MR) is 50.9 cm³/mol. The zero-order chi connectivity index (χ0) is 8.43. The average molecular weight is 171 g/mol. The Bertz CT molecular complexity index is 199. The molecule has 0 heterocycles. The molecule has 0 N–H and O–H groups in total. The Morgan fingerprint density at radius 3 is 2.64 bits per heavy atom. The molecule has 0 aliphatic heterocycles. The summed E-state index contributed by atoms with van der Waals surface area (Å²) in [4.78, 5) is 0. The van der Waals surface area contributed by atoms with Gasteiger partial charge in [0, 0.05) is 0 Å². The molecule has 0 aromatic heterocycles. The molecule has 0 nitrogen and oxygen atoms in total. The monoisotopic (exact) mass is 170 g/mol. The molecule has 0 fully saturated rings. The van der Waals surface area contributed by atoms with Crippen molar-refractivity contribution in [1.82, 2.24) is 0 Å². The van der Waals surface area contributed by atoms with E-state index in [9.17, 15) is 0 Å². The van der Waals surface area contributed by atoms with Crippen LogP contribution in [0.5, 0.6) is 0 Å². The first-order valence-corrected chi connectivity index (χ1v) is 4.58. The van der Waals surface area contributed by atoms with Gasteiger partial charge in [0.05, 0.1) is 5.38 Å². The van der Waals surface area contributed by atoms with Crippen LogP contribution in [0.2, 0.25) is 0 Å². The molecule has 11 heavy (non-hydrogen) atoms. The molecular weight excluding hydrogens is 156 g/mol. The van der Waals surface area contributed by atoms with E-state index in [1.54, 1.807) is 0 Å². The third kappa shape index (κ3) is 2.10. The van der Waals surface area contributed by atoms with E-state index in [-0.39, 0.29) is 5.38 Å². The third-order valence-corrected chi connectivity index (χ3v) is 2.39. The third-order valence-electron chi connectivity index (χ3n) is 2.09. The molecule has 1 rings (SSSR count). The van der Waals surface area contributed by atoms with Crippen molar-refractivity contribution >= 4 is 11.6 Å². The number of alkyl halides is 1. The van der Waals surface area contributed by atoms with E-state index in [2.05, 4.69) is 32.9 Å². The molecule has 62 valence electrons. The highest BCUT2D eigenvalue weighted by atomic mass is 35.5. The van der Waals surface area contributed by atoms with Gasteiger partial charge in [-0.25, -0.2) is 0 Å². The van der Waals surface area contributed by atoms with E-state index in [4.69, 9.17) is 11.6 Å².